The van der Waals surface area contributed by atoms with Gasteiger partial charge in [0, 0.05) is 23.9 Å². The Morgan fingerprint density at radius 1 is 1.29 bits per heavy atom. The highest BCUT2D eigenvalue weighted by atomic mass is 14.8. The summed E-state index contributed by atoms with van der Waals surface area (Å²) in [5, 5.41) is 3.45. The zero-order chi connectivity index (χ0) is 12.9. The maximum atomic E-state index is 4.61. The zero-order valence-corrected chi connectivity index (χ0v) is 11.9. The lowest BCUT2D eigenvalue weighted by atomic mass is 9.88. The van der Waals surface area contributed by atoms with Crippen LogP contribution in [0.15, 0.2) is 12.3 Å². The molecule has 1 aromatic heterocycles. The van der Waals surface area contributed by atoms with Gasteiger partial charge in [0.1, 0.15) is 0 Å². The van der Waals surface area contributed by atoms with Crippen LogP contribution in [-0.2, 0) is 12.0 Å². The number of aromatic nitrogens is 1. The number of nitrogens with zero attached hydrogens (tertiary/aromatic N) is 1. The van der Waals surface area contributed by atoms with Crippen LogP contribution in [0.1, 0.15) is 57.4 Å². The second-order valence-corrected chi connectivity index (χ2v) is 5.79. The maximum absolute atomic E-state index is 4.61. The highest BCUT2D eigenvalue weighted by Crippen LogP contribution is 2.23. The van der Waals surface area contributed by atoms with E-state index in [2.05, 4.69) is 51.0 Å². The highest BCUT2D eigenvalue weighted by molar-refractivity contribution is 5.28. The van der Waals surface area contributed by atoms with Gasteiger partial charge in [0.25, 0.3) is 0 Å². The van der Waals surface area contributed by atoms with Crippen molar-refractivity contribution in [1.82, 2.24) is 10.3 Å². The minimum Gasteiger partial charge on any atom is -0.313 e. The van der Waals surface area contributed by atoms with Crippen molar-refractivity contribution >= 4 is 0 Å². The van der Waals surface area contributed by atoms with Crippen LogP contribution in [0.4, 0.5) is 0 Å². The predicted molar refractivity (Wildman–Crippen MR) is 74.3 cm³/mol. The number of nitrogens with one attached hydrogen (secondary N) is 1. The van der Waals surface area contributed by atoms with Crippen molar-refractivity contribution in [2.45, 2.75) is 59.4 Å². The van der Waals surface area contributed by atoms with Gasteiger partial charge in [0.2, 0.25) is 0 Å². The summed E-state index contributed by atoms with van der Waals surface area (Å²) in [6.07, 6.45) is 4.49. The monoisotopic (exact) mass is 234 g/mol. The molecule has 0 radical (unpaired) electrons. The molecule has 96 valence electrons. The van der Waals surface area contributed by atoms with Crippen molar-refractivity contribution in [2.75, 3.05) is 6.54 Å². The van der Waals surface area contributed by atoms with Crippen molar-refractivity contribution in [2.24, 2.45) is 0 Å². The molecule has 0 fully saturated rings. The molecule has 0 bridgehead atoms. The molecular weight excluding hydrogens is 208 g/mol. The maximum Gasteiger partial charge on any atom is 0.0486 e. The van der Waals surface area contributed by atoms with Crippen LogP contribution in [0.5, 0.6) is 0 Å². The summed E-state index contributed by atoms with van der Waals surface area (Å²) in [7, 11) is 0. The van der Waals surface area contributed by atoms with Crippen LogP contribution in [0, 0.1) is 6.92 Å². The van der Waals surface area contributed by atoms with Gasteiger partial charge in [-0.1, -0.05) is 40.2 Å². The van der Waals surface area contributed by atoms with E-state index in [4.69, 9.17) is 0 Å². The minimum absolute atomic E-state index is 0.137. The van der Waals surface area contributed by atoms with E-state index in [1.807, 2.05) is 6.20 Å². The summed E-state index contributed by atoms with van der Waals surface area (Å²) in [5.74, 6) is 0. The molecule has 0 amide bonds. The Hall–Kier alpha value is -0.890. The number of hydrogen-bond acceptors (Lipinski definition) is 2. The third-order valence-electron chi connectivity index (χ3n) is 2.88. The number of unbranched alkanes of at least 4 members (excludes halogenated alkanes) is 1. The molecule has 17 heavy (non-hydrogen) atoms. The summed E-state index contributed by atoms with van der Waals surface area (Å²) in [4.78, 5) is 4.61. The van der Waals surface area contributed by atoms with E-state index in [0.29, 0.717) is 0 Å². The van der Waals surface area contributed by atoms with Gasteiger partial charge in [-0.05, 0) is 31.0 Å². The number of hydrogen-bond donors (Lipinski definition) is 1. The molecule has 0 atom stereocenters. The van der Waals surface area contributed by atoms with Crippen LogP contribution in [0.2, 0.25) is 0 Å². The molecule has 2 heteroatoms. The zero-order valence-electron chi connectivity index (χ0n) is 11.9. The summed E-state index contributed by atoms with van der Waals surface area (Å²) < 4.78 is 0. The molecule has 0 unspecified atom stereocenters. The summed E-state index contributed by atoms with van der Waals surface area (Å²) >= 11 is 0. The molecule has 0 aliphatic rings. The molecule has 0 aliphatic carbocycles. The fourth-order valence-electron chi connectivity index (χ4n) is 2.05. The van der Waals surface area contributed by atoms with E-state index >= 15 is 0 Å². The summed E-state index contributed by atoms with van der Waals surface area (Å²) in [6.45, 7) is 13.0. The largest absolute Gasteiger partial charge is 0.313 e. The molecule has 2 nitrogen and oxygen atoms in total. The lowest BCUT2D eigenvalue weighted by Crippen LogP contribution is -2.18. The third kappa shape index (κ3) is 4.47. The molecule has 0 spiro atoms. The Kier molecular flexibility index (Phi) is 5.13. The third-order valence-corrected chi connectivity index (χ3v) is 2.88. The van der Waals surface area contributed by atoms with Gasteiger partial charge in [0.15, 0.2) is 0 Å². The average Bonchev–Trinajstić information content (AvgIpc) is 2.23. The van der Waals surface area contributed by atoms with Crippen molar-refractivity contribution in [1.29, 1.82) is 0 Å². The fraction of sp³-hybridized carbons (Fsp3) is 0.667. The van der Waals surface area contributed by atoms with Crippen LogP contribution in [0.25, 0.3) is 0 Å². The smallest absolute Gasteiger partial charge is 0.0486 e. The standard InChI is InChI=1S/C15H26N2/c1-6-7-8-16-10-13-9-12(2)14(17-11-13)15(3,4)5/h9,11,16H,6-8,10H2,1-5H3. The van der Waals surface area contributed by atoms with E-state index in [1.54, 1.807) is 0 Å². The van der Waals surface area contributed by atoms with E-state index in [9.17, 15) is 0 Å². The first kappa shape index (κ1) is 14.2. The Labute approximate surface area is 106 Å². The number of aryl methyl sites for hydroxylation is 1. The van der Waals surface area contributed by atoms with E-state index in [-0.39, 0.29) is 5.41 Å². The van der Waals surface area contributed by atoms with E-state index in [1.165, 1.54) is 29.7 Å². The highest BCUT2D eigenvalue weighted by Gasteiger charge is 2.17. The lowest BCUT2D eigenvalue weighted by molar-refractivity contribution is 0.562. The Balaban J connectivity index is 2.63. The van der Waals surface area contributed by atoms with Gasteiger partial charge in [-0.15, -0.1) is 0 Å². The molecule has 0 saturated heterocycles. The van der Waals surface area contributed by atoms with Crippen LogP contribution >= 0.6 is 0 Å². The van der Waals surface area contributed by atoms with Crippen molar-refractivity contribution < 1.29 is 0 Å². The van der Waals surface area contributed by atoms with Crippen molar-refractivity contribution in [3.8, 4) is 0 Å². The van der Waals surface area contributed by atoms with Crippen molar-refractivity contribution in [3.05, 3.63) is 29.1 Å². The Morgan fingerprint density at radius 2 is 2.00 bits per heavy atom. The van der Waals surface area contributed by atoms with E-state index in [0.717, 1.165) is 13.1 Å². The SMILES string of the molecule is CCCCNCc1cnc(C(C)(C)C)c(C)c1. The van der Waals surface area contributed by atoms with Gasteiger partial charge < -0.3 is 5.32 Å². The number of rotatable bonds is 5. The minimum atomic E-state index is 0.137. The Morgan fingerprint density at radius 3 is 2.53 bits per heavy atom. The fourth-order valence-corrected chi connectivity index (χ4v) is 2.05. The van der Waals surface area contributed by atoms with Crippen LogP contribution < -0.4 is 5.32 Å². The molecule has 1 heterocycles. The molecule has 1 aromatic rings. The van der Waals surface area contributed by atoms with Gasteiger partial charge in [-0.25, -0.2) is 0 Å². The first-order valence-electron chi connectivity index (χ1n) is 6.62. The van der Waals surface area contributed by atoms with E-state index < -0.39 is 0 Å². The van der Waals surface area contributed by atoms with Gasteiger partial charge in [-0.2, -0.15) is 0 Å². The van der Waals surface area contributed by atoms with Crippen LogP contribution in [-0.4, -0.2) is 11.5 Å². The topological polar surface area (TPSA) is 24.9 Å². The quantitative estimate of drug-likeness (QED) is 0.788. The molecular formula is C15H26N2. The molecule has 0 saturated carbocycles. The normalized spacial score (nSPS) is 11.8. The molecule has 1 rings (SSSR count). The molecule has 0 aliphatic heterocycles. The number of pyridine rings is 1. The molecule has 1 N–H and O–H groups in total. The molecule has 0 aromatic carbocycles. The average molecular weight is 234 g/mol. The Bertz CT molecular complexity index is 350. The summed E-state index contributed by atoms with van der Waals surface area (Å²) in [5.41, 5.74) is 3.92. The second-order valence-electron chi connectivity index (χ2n) is 5.79. The first-order chi connectivity index (χ1) is 7.95. The first-order valence-corrected chi connectivity index (χ1v) is 6.62. The van der Waals surface area contributed by atoms with Crippen molar-refractivity contribution in [3.63, 3.8) is 0 Å². The lowest BCUT2D eigenvalue weighted by Gasteiger charge is -2.20. The van der Waals surface area contributed by atoms with Gasteiger partial charge in [0.05, 0.1) is 0 Å². The van der Waals surface area contributed by atoms with Gasteiger partial charge in [-0.3, -0.25) is 4.98 Å². The predicted octanol–water partition coefficient (Wildman–Crippen LogP) is 3.58. The van der Waals surface area contributed by atoms with Crippen LogP contribution in [0.3, 0.4) is 0 Å². The second kappa shape index (κ2) is 6.15. The summed E-state index contributed by atoms with van der Waals surface area (Å²) in [6, 6.07) is 2.26. The van der Waals surface area contributed by atoms with Gasteiger partial charge >= 0.3 is 0 Å².